The molecule has 0 saturated heterocycles. The monoisotopic (exact) mass is 399 g/mol. The Morgan fingerprint density at radius 2 is 1.53 bits per heavy atom. The maximum atomic E-state index is 13.2. The van der Waals surface area contributed by atoms with Crippen molar-refractivity contribution in [2.45, 2.75) is 52.4 Å². The lowest BCUT2D eigenvalue weighted by Gasteiger charge is -2.32. The van der Waals surface area contributed by atoms with Crippen LogP contribution in [-0.4, -0.2) is 5.78 Å². The van der Waals surface area contributed by atoms with E-state index in [2.05, 4.69) is 59.0 Å². The number of nitrogens with one attached hydrogen (secondary N) is 1. The third kappa shape index (κ3) is 3.60. The lowest BCUT2D eigenvalue weighted by atomic mass is 9.79. The van der Waals surface area contributed by atoms with Crippen LogP contribution in [0.3, 0.4) is 0 Å². The van der Waals surface area contributed by atoms with Crippen molar-refractivity contribution in [3.8, 4) is 11.5 Å². The van der Waals surface area contributed by atoms with Crippen molar-refractivity contribution in [1.29, 1.82) is 0 Å². The van der Waals surface area contributed by atoms with Crippen molar-refractivity contribution in [1.82, 2.24) is 0 Å². The molecule has 1 aliphatic heterocycles. The number of carbonyl (C=O) groups excluding carboxylic acids is 1. The van der Waals surface area contributed by atoms with E-state index in [1.807, 2.05) is 48.5 Å². The fourth-order valence-electron chi connectivity index (χ4n) is 3.75. The predicted molar refractivity (Wildman–Crippen MR) is 124 cm³/mol. The minimum atomic E-state index is -0.0814. The van der Waals surface area contributed by atoms with Gasteiger partial charge in [0.25, 0.3) is 0 Å². The number of fused-ring (bicyclic) bond motifs is 2. The van der Waals surface area contributed by atoms with E-state index in [-0.39, 0.29) is 16.6 Å². The van der Waals surface area contributed by atoms with Crippen molar-refractivity contribution >= 4 is 17.2 Å². The van der Waals surface area contributed by atoms with Gasteiger partial charge in [-0.25, -0.2) is 0 Å². The number of rotatable bonds is 2. The summed E-state index contributed by atoms with van der Waals surface area (Å²) in [5.74, 6) is 1.50. The number of hydrogen-bond acceptors (Lipinski definition) is 3. The Kier molecular flexibility index (Phi) is 4.73. The van der Waals surface area contributed by atoms with Gasteiger partial charge in [-0.3, -0.25) is 4.79 Å². The molecule has 3 nitrogen and oxygen atoms in total. The van der Waals surface area contributed by atoms with Crippen molar-refractivity contribution in [2.24, 2.45) is 0 Å². The SMILES string of the molecule is CC(C)(C)c1cc2c(c(C(C)(C)C)c1)Oc1cccc(C(=O)c3ccccc3)c1N2. The minimum Gasteiger partial charge on any atom is -0.453 e. The summed E-state index contributed by atoms with van der Waals surface area (Å²) in [5.41, 5.74) is 5.22. The van der Waals surface area contributed by atoms with Crippen LogP contribution < -0.4 is 10.1 Å². The molecule has 3 heteroatoms. The highest BCUT2D eigenvalue weighted by atomic mass is 16.5. The van der Waals surface area contributed by atoms with Gasteiger partial charge in [-0.2, -0.15) is 0 Å². The molecule has 0 aromatic heterocycles. The average molecular weight is 400 g/mol. The summed E-state index contributed by atoms with van der Waals surface area (Å²) in [6.07, 6.45) is 0. The highest BCUT2D eigenvalue weighted by Crippen LogP contribution is 2.49. The van der Waals surface area contributed by atoms with E-state index in [4.69, 9.17) is 4.74 Å². The maximum absolute atomic E-state index is 13.2. The zero-order valence-corrected chi connectivity index (χ0v) is 18.6. The number of anilines is 2. The zero-order chi connectivity index (χ0) is 21.7. The minimum absolute atomic E-state index is 0.00361. The van der Waals surface area contributed by atoms with E-state index in [0.29, 0.717) is 16.9 Å². The first-order valence-electron chi connectivity index (χ1n) is 10.4. The smallest absolute Gasteiger partial charge is 0.195 e. The topological polar surface area (TPSA) is 38.3 Å². The van der Waals surface area contributed by atoms with Crippen molar-refractivity contribution in [2.75, 3.05) is 5.32 Å². The molecule has 4 rings (SSSR count). The molecule has 0 spiro atoms. The average Bonchev–Trinajstić information content (AvgIpc) is 2.69. The van der Waals surface area contributed by atoms with Crippen LogP contribution in [0.15, 0.2) is 60.7 Å². The first-order chi connectivity index (χ1) is 14.1. The second kappa shape index (κ2) is 7.02. The third-order valence-electron chi connectivity index (χ3n) is 5.54. The van der Waals surface area contributed by atoms with E-state index >= 15 is 0 Å². The fraction of sp³-hybridized carbons (Fsp3) is 0.296. The Morgan fingerprint density at radius 3 is 2.17 bits per heavy atom. The summed E-state index contributed by atoms with van der Waals surface area (Å²) in [5, 5.41) is 3.54. The van der Waals surface area contributed by atoms with Crippen LogP contribution in [0.1, 0.15) is 68.6 Å². The first-order valence-corrected chi connectivity index (χ1v) is 10.4. The Balaban J connectivity index is 1.86. The maximum Gasteiger partial charge on any atom is 0.195 e. The van der Waals surface area contributed by atoms with Gasteiger partial charge in [-0.15, -0.1) is 0 Å². The summed E-state index contributed by atoms with van der Waals surface area (Å²) >= 11 is 0. The first kappa shape index (κ1) is 20.2. The number of para-hydroxylation sites is 1. The molecule has 0 fully saturated rings. The molecule has 30 heavy (non-hydrogen) atoms. The second-order valence-corrected chi connectivity index (χ2v) is 10.0. The molecule has 0 bridgehead atoms. The van der Waals surface area contributed by atoms with Gasteiger partial charge >= 0.3 is 0 Å². The summed E-state index contributed by atoms with van der Waals surface area (Å²) < 4.78 is 6.41. The Labute approximate surface area is 179 Å². The summed E-state index contributed by atoms with van der Waals surface area (Å²) in [4.78, 5) is 13.2. The highest BCUT2D eigenvalue weighted by molar-refractivity contribution is 6.13. The molecule has 3 aromatic carbocycles. The predicted octanol–water partition coefficient (Wildman–Crippen LogP) is 7.36. The van der Waals surface area contributed by atoms with Gasteiger partial charge in [0.05, 0.1) is 11.4 Å². The van der Waals surface area contributed by atoms with Crippen molar-refractivity contribution in [3.05, 3.63) is 82.9 Å². The van der Waals surface area contributed by atoms with E-state index in [1.165, 1.54) is 5.56 Å². The number of ketones is 1. The summed E-state index contributed by atoms with van der Waals surface area (Å²) in [7, 11) is 0. The number of ether oxygens (including phenoxy) is 1. The number of carbonyl (C=O) groups is 1. The molecule has 1 N–H and O–H groups in total. The van der Waals surface area contributed by atoms with Crippen LogP contribution in [0, 0.1) is 0 Å². The van der Waals surface area contributed by atoms with Crippen LogP contribution in [0.4, 0.5) is 11.4 Å². The number of benzene rings is 3. The van der Waals surface area contributed by atoms with Gasteiger partial charge in [0.2, 0.25) is 0 Å². The highest BCUT2D eigenvalue weighted by Gasteiger charge is 2.30. The van der Waals surface area contributed by atoms with Crippen LogP contribution in [-0.2, 0) is 10.8 Å². The van der Waals surface area contributed by atoms with E-state index in [1.54, 1.807) is 0 Å². The second-order valence-electron chi connectivity index (χ2n) is 10.0. The molecule has 0 radical (unpaired) electrons. The van der Waals surface area contributed by atoms with Gasteiger partial charge in [0, 0.05) is 16.7 Å². The van der Waals surface area contributed by atoms with E-state index in [9.17, 15) is 4.79 Å². The summed E-state index contributed by atoms with van der Waals surface area (Å²) in [6.45, 7) is 13.2. The molecule has 0 amide bonds. The zero-order valence-electron chi connectivity index (χ0n) is 18.6. The molecular weight excluding hydrogens is 370 g/mol. The molecule has 1 aliphatic rings. The van der Waals surface area contributed by atoms with Crippen molar-refractivity contribution in [3.63, 3.8) is 0 Å². The molecule has 0 saturated carbocycles. The largest absolute Gasteiger partial charge is 0.453 e. The third-order valence-corrected chi connectivity index (χ3v) is 5.54. The van der Waals surface area contributed by atoms with Gasteiger partial charge in [-0.05, 0) is 34.6 Å². The Bertz CT molecular complexity index is 1120. The van der Waals surface area contributed by atoms with Gasteiger partial charge in [0.15, 0.2) is 17.3 Å². The summed E-state index contributed by atoms with van der Waals surface area (Å²) in [6, 6.07) is 19.4. The van der Waals surface area contributed by atoms with Gasteiger partial charge in [0.1, 0.15) is 0 Å². The van der Waals surface area contributed by atoms with Gasteiger partial charge in [-0.1, -0.05) is 84.0 Å². The molecule has 0 atom stereocenters. The normalized spacial score (nSPS) is 13.0. The lowest BCUT2D eigenvalue weighted by molar-refractivity contribution is 0.103. The molecule has 0 unspecified atom stereocenters. The molecular formula is C27H29NO2. The van der Waals surface area contributed by atoms with E-state index in [0.717, 1.165) is 22.7 Å². The van der Waals surface area contributed by atoms with Crippen LogP contribution in [0.2, 0.25) is 0 Å². The Hall–Kier alpha value is -3.07. The van der Waals surface area contributed by atoms with Gasteiger partial charge < -0.3 is 10.1 Å². The number of hydrogen-bond donors (Lipinski definition) is 1. The molecule has 3 aromatic rings. The van der Waals surface area contributed by atoms with Crippen LogP contribution >= 0.6 is 0 Å². The van der Waals surface area contributed by atoms with E-state index < -0.39 is 0 Å². The molecule has 0 aliphatic carbocycles. The molecule has 154 valence electrons. The standard InChI is InChI=1S/C27H29NO2/c1-26(2,3)18-15-20(27(4,5)6)25-21(16-18)28-23-19(13-10-14-22(23)30-25)24(29)17-11-8-7-9-12-17/h7-16,28H,1-6H3. The fourth-order valence-corrected chi connectivity index (χ4v) is 3.75. The quantitative estimate of drug-likeness (QED) is 0.358. The Morgan fingerprint density at radius 1 is 0.833 bits per heavy atom. The van der Waals surface area contributed by atoms with Crippen LogP contribution in [0.5, 0.6) is 11.5 Å². The van der Waals surface area contributed by atoms with Crippen molar-refractivity contribution < 1.29 is 9.53 Å². The lowest BCUT2D eigenvalue weighted by Crippen LogP contribution is -2.20. The van der Waals surface area contributed by atoms with Crippen LogP contribution in [0.25, 0.3) is 0 Å². The molecule has 1 heterocycles.